The van der Waals surface area contributed by atoms with Crippen molar-refractivity contribution in [2.75, 3.05) is 44.7 Å². The number of aryl methyl sites for hydroxylation is 3. The van der Waals surface area contributed by atoms with E-state index in [1.807, 2.05) is 32.9 Å². The molecule has 1 aliphatic rings. The highest BCUT2D eigenvalue weighted by molar-refractivity contribution is 6.17. The number of anilines is 1. The first-order valence-electron chi connectivity index (χ1n) is 10.9. The number of rotatable bonds is 8. The van der Waals surface area contributed by atoms with Gasteiger partial charge in [0.05, 0.1) is 53.6 Å². The smallest absolute Gasteiger partial charge is 0.204 e. The lowest BCUT2D eigenvalue weighted by molar-refractivity contribution is 0.0378. The van der Waals surface area contributed by atoms with Gasteiger partial charge in [0.1, 0.15) is 0 Å². The van der Waals surface area contributed by atoms with E-state index in [2.05, 4.69) is 25.8 Å². The maximum Gasteiger partial charge on any atom is 0.204 e. The number of imidazole rings is 1. The van der Waals surface area contributed by atoms with Crippen LogP contribution in [0.25, 0.3) is 11.0 Å². The summed E-state index contributed by atoms with van der Waals surface area (Å²) >= 11 is 6.11. The molecule has 4 rings (SSSR count). The van der Waals surface area contributed by atoms with E-state index in [4.69, 9.17) is 26.3 Å². The second kappa shape index (κ2) is 9.94. The van der Waals surface area contributed by atoms with Crippen molar-refractivity contribution in [1.29, 1.82) is 0 Å². The van der Waals surface area contributed by atoms with Crippen LogP contribution in [0.15, 0.2) is 18.2 Å². The number of hydrogen-bond acceptors (Lipinski definition) is 6. The Morgan fingerprint density at radius 3 is 2.58 bits per heavy atom. The molecule has 1 aromatic carbocycles. The van der Waals surface area contributed by atoms with E-state index in [1.54, 1.807) is 0 Å². The molecule has 0 spiro atoms. The van der Waals surface area contributed by atoms with E-state index in [1.165, 1.54) is 0 Å². The van der Waals surface area contributed by atoms with Gasteiger partial charge in [0, 0.05) is 25.5 Å². The van der Waals surface area contributed by atoms with Crippen molar-refractivity contribution in [3.63, 3.8) is 0 Å². The minimum atomic E-state index is 0.478. The molecule has 8 heteroatoms. The predicted octanol–water partition coefficient (Wildman–Crippen LogP) is 3.67. The summed E-state index contributed by atoms with van der Waals surface area (Å²) in [6, 6.07) is 6.20. The lowest BCUT2D eigenvalue weighted by Crippen LogP contribution is -2.37. The fourth-order valence-corrected chi connectivity index (χ4v) is 4.10. The standard InChI is InChI=1S/C23H31ClN6O/c1-16-17(2)27-21(18(3)26-16)15-30-22-13-19(14-24)5-6-20(22)28-23(30)25-7-4-8-29-9-11-31-12-10-29/h5-6,13H,4,7-12,14-15H2,1-3H3,(H,25,28). The van der Waals surface area contributed by atoms with E-state index in [0.29, 0.717) is 12.4 Å². The fourth-order valence-electron chi connectivity index (χ4n) is 3.93. The summed E-state index contributed by atoms with van der Waals surface area (Å²) in [6.45, 7) is 12.3. The molecule has 3 aromatic rings. The van der Waals surface area contributed by atoms with Crippen LogP contribution in [0.2, 0.25) is 0 Å². The second-order valence-corrected chi connectivity index (χ2v) is 8.41. The van der Waals surface area contributed by atoms with Gasteiger partial charge in [-0.2, -0.15) is 0 Å². The maximum absolute atomic E-state index is 6.11. The van der Waals surface area contributed by atoms with Gasteiger partial charge in [-0.15, -0.1) is 11.6 Å². The summed E-state index contributed by atoms with van der Waals surface area (Å²) < 4.78 is 7.63. The second-order valence-electron chi connectivity index (χ2n) is 8.14. The number of nitrogens with zero attached hydrogens (tertiary/aromatic N) is 5. The zero-order chi connectivity index (χ0) is 21.8. The van der Waals surface area contributed by atoms with Crippen molar-refractivity contribution in [2.45, 2.75) is 39.6 Å². The van der Waals surface area contributed by atoms with E-state index in [-0.39, 0.29) is 0 Å². The van der Waals surface area contributed by atoms with Gasteiger partial charge in [-0.05, 0) is 51.4 Å². The van der Waals surface area contributed by atoms with Crippen LogP contribution in [0.4, 0.5) is 5.95 Å². The van der Waals surface area contributed by atoms with Crippen molar-refractivity contribution in [1.82, 2.24) is 24.4 Å². The third-order valence-electron chi connectivity index (χ3n) is 5.89. The topological polar surface area (TPSA) is 68.1 Å². The molecule has 3 heterocycles. The summed E-state index contributed by atoms with van der Waals surface area (Å²) in [5.41, 5.74) is 6.96. The van der Waals surface area contributed by atoms with Gasteiger partial charge in [-0.1, -0.05) is 6.07 Å². The van der Waals surface area contributed by atoms with E-state index in [9.17, 15) is 0 Å². The Hall–Kier alpha value is -2.22. The number of ether oxygens (including phenoxy) is 1. The first kappa shape index (κ1) is 22.0. The molecule has 2 aromatic heterocycles. The number of fused-ring (bicyclic) bond motifs is 1. The van der Waals surface area contributed by atoms with Gasteiger partial charge in [0.2, 0.25) is 5.95 Å². The van der Waals surface area contributed by atoms with Crippen molar-refractivity contribution >= 4 is 28.6 Å². The number of nitrogens with one attached hydrogen (secondary N) is 1. The summed E-state index contributed by atoms with van der Waals surface area (Å²) in [4.78, 5) is 16.8. The maximum atomic E-state index is 6.11. The lowest BCUT2D eigenvalue weighted by Gasteiger charge is -2.26. The molecule has 31 heavy (non-hydrogen) atoms. The van der Waals surface area contributed by atoms with Crippen LogP contribution in [-0.2, 0) is 17.2 Å². The molecule has 0 atom stereocenters. The van der Waals surface area contributed by atoms with Gasteiger partial charge < -0.3 is 14.6 Å². The molecule has 0 aliphatic carbocycles. The Bertz CT molecular complexity index is 1040. The first-order valence-corrected chi connectivity index (χ1v) is 11.5. The van der Waals surface area contributed by atoms with Gasteiger partial charge in [0.15, 0.2) is 0 Å². The number of alkyl halides is 1. The van der Waals surface area contributed by atoms with Crippen molar-refractivity contribution in [3.05, 3.63) is 46.5 Å². The van der Waals surface area contributed by atoms with E-state index >= 15 is 0 Å². The normalized spacial score (nSPS) is 15.0. The van der Waals surface area contributed by atoms with Gasteiger partial charge in [-0.3, -0.25) is 14.9 Å². The van der Waals surface area contributed by atoms with Crippen LogP contribution >= 0.6 is 11.6 Å². The molecular weight excluding hydrogens is 412 g/mol. The Morgan fingerprint density at radius 1 is 1.03 bits per heavy atom. The van der Waals surface area contributed by atoms with E-state index < -0.39 is 0 Å². The molecule has 1 aliphatic heterocycles. The Labute approximate surface area is 188 Å². The molecule has 1 N–H and O–H groups in total. The van der Waals surface area contributed by atoms with Crippen molar-refractivity contribution in [2.24, 2.45) is 0 Å². The molecule has 0 radical (unpaired) electrons. The third-order valence-corrected chi connectivity index (χ3v) is 6.20. The number of aromatic nitrogens is 4. The highest BCUT2D eigenvalue weighted by Crippen LogP contribution is 2.24. The highest BCUT2D eigenvalue weighted by atomic mass is 35.5. The van der Waals surface area contributed by atoms with Crippen molar-refractivity contribution < 1.29 is 4.74 Å². The Kier molecular flexibility index (Phi) is 7.05. The SMILES string of the molecule is Cc1nc(C)c(Cn2c(NCCCN3CCOCC3)nc3ccc(CCl)cc32)nc1C. The van der Waals surface area contributed by atoms with Gasteiger partial charge >= 0.3 is 0 Å². The number of hydrogen-bond donors (Lipinski definition) is 1. The summed E-state index contributed by atoms with van der Waals surface area (Å²) in [5.74, 6) is 1.34. The van der Waals surface area contributed by atoms with Gasteiger partial charge in [-0.25, -0.2) is 4.98 Å². The lowest BCUT2D eigenvalue weighted by atomic mass is 10.2. The number of halogens is 1. The molecule has 1 fully saturated rings. The van der Waals surface area contributed by atoms with Crippen LogP contribution in [-0.4, -0.2) is 63.8 Å². The molecule has 1 saturated heterocycles. The molecule has 7 nitrogen and oxygen atoms in total. The Morgan fingerprint density at radius 2 is 1.81 bits per heavy atom. The van der Waals surface area contributed by atoms with Crippen LogP contribution in [0.5, 0.6) is 0 Å². The average molecular weight is 443 g/mol. The van der Waals surface area contributed by atoms with Crippen LogP contribution < -0.4 is 5.32 Å². The molecular formula is C23H31ClN6O. The molecule has 0 bridgehead atoms. The summed E-state index contributed by atoms with van der Waals surface area (Å²) in [5, 5.41) is 3.56. The van der Waals surface area contributed by atoms with Crippen molar-refractivity contribution in [3.8, 4) is 0 Å². The van der Waals surface area contributed by atoms with Crippen LogP contribution in [0.1, 0.15) is 34.8 Å². The number of morpholine rings is 1. The zero-order valence-corrected chi connectivity index (χ0v) is 19.4. The summed E-state index contributed by atoms with van der Waals surface area (Å²) in [6.07, 6.45) is 1.05. The fraction of sp³-hybridized carbons (Fsp3) is 0.522. The van der Waals surface area contributed by atoms with Crippen LogP contribution in [0.3, 0.4) is 0 Å². The number of benzene rings is 1. The zero-order valence-electron chi connectivity index (χ0n) is 18.6. The van der Waals surface area contributed by atoms with Gasteiger partial charge in [0.25, 0.3) is 0 Å². The quantitative estimate of drug-likeness (QED) is 0.424. The minimum Gasteiger partial charge on any atom is -0.379 e. The average Bonchev–Trinajstić information content (AvgIpc) is 3.12. The third kappa shape index (κ3) is 5.17. The Balaban J connectivity index is 1.56. The molecule has 0 unspecified atom stereocenters. The first-order chi connectivity index (χ1) is 15.0. The highest BCUT2D eigenvalue weighted by Gasteiger charge is 2.15. The predicted molar refractivity (Wildman–Crippen MR) is 125 cm³/mol. The molecule has 0 saturated carbocycles. The minimum absolute atomic E-state index is 0.478. The van der Waals surface area contributed by atoms with E-state index in [0.717, 1.165) is 91.1 Å². The van der Waals surface area contributed by atoms with Crippen LogP contribution in [0, 0.1) is 20.8 Å². The monoisotopic (exact) mass is 442 g/mol. The summed E-state index contributed by atoms with van der Waals surface area (Å²) in [7, 11) is 0. The molecule has 0 amide bonds. The molecule has 166 valence electrons. The largest absolute Gasteiger partial charge is 0.379 e.